The number of oxime groups is 1. The highest BCUT2D eigenvalue weighted by molar-refractivity contribution is 6.03. The van der Waals surface area contributed by atoms with E-state index in [1.54, 1.807) is 24.3 Å². The lowest BCUT2D eigenvalue weighted by atomic mass is 9.55. The van der Waals surface area contributed by atoms with E-state index in [4.69, 9.17) is 28.9 Å². The third-order valence-electron chi connectivity index (χ3n) is 11.5. The fraction of sp³-hybridized carbons (Fsp3) is 0.467. The Morgan fingerprint density at radius 1 is 0.983 bits per heavy atom. The number of rotatable bonds is 22. The molecule has 3 aromatic rings. The van der Waals surface area contributed by atoms with E-state index in [-0.39, 0.29) is 94.2 Å². The Morgan fingerprint density at radius 2 is 1.73 bits per heavy atom. The number of carbonyl (C=O) groups is 1. The van der Waals surface area contributed by atoms with E-state index in [2.05, 4.69) is 12.7 Å². The maximum Gasteiger partial charge on any atom is 0.415 e. The van der Waals surface area contributed by atoms with Crippen LogP contribution < -0.4 is 9.47 Å². The summed E-state index contributed by atoms with van der Waals surface area (Å²) in [7, 11) is 0. The molecule has 2 aliphatic carbocycles. The Hall–Kier alpha value is -5.32. The van der Waals surface area contributed by atoms with Gasteiger partial charge in [0.2, 0.25) is 5.79 Å². The second-order valence-electron chi connectivity index (χ2n) is 15.2. The summed E-state index contributed by atoms with van der Waals surface area (Å²) in [5, 5.41) is 56.4. The van der Waals surface area contributed by atoms with Gasteiger partial charge in [-0.25, -0.2) is 4.79 Å². The van der Waals surface area contributed by atoms with E-state index in [0.717, 1.165) is 36.0 Å². The van der Waals surface area contributed by atoms with Crippen molar-refractivity contribution in [1.82, 2.24) is 4.90 Å². The van der Waals surface area contributed by atoms with Gasteiger partial charge in [-0.1, -0.05) is 60.5 Å². The number of unbranched alkanes of at least 4 members (excludes halogenated alkanes) is 2. The summed E-state index contributed by atoms with van der Waals surface area (Å²) in [6.45, 7) is 3.98. The molecule has 0 aromatic heterocycles. The molecule has 1 fully saturated rings. The number of aliphatic hydroxyl groups is 3. The Labute approximate surface area is 349 Å². The lowest BCUT2D eigenvalue weighted by Gasteiger charge is -2.59. The van der Waals surface area contributed by atoms with Gasteiger partial charge in [0.1, 0.15) is 29.9 Å². The molecule has 4 N–H and O–H groups in total. The maximum absolute atomic E-state index is 14.6. The second-order valence-corrected chi connectivity index (χ2v) is 15.2. The molecule has 1 amide bonds. The molecule has 60 heavy (non-hydrogen) atoms. The number of aromatic hydroxyl groups is 1. The molecular weight excluding hydrogens is 775 g/mol. The van der Waals surface area contributed by atoms with Gasteiger partial charge >= 0.3 is 6.09 Å². The molecule has 0 unspecified atom stereocenters. The largest absolute Gasteiger partial charge is 0.508 e. The third kappa shape index (κ3) is 10.2. The Bertz CT molecular complexity index is 1960. The van der Waals surface area contributed by atoms with E-state index >= 15 is 0 Å². The van der Waals surface area contributed by atoms with Crippen LogP contribution in [-0.4, -0.2) is 100 Å². The van der Waals surface area contributed by atoms with Gasteiger partial charge in [0.05, 0.1) is 43.0 Å². The minimum absolute atomic E-state index is 0.00108. The number of nitro benzene ring substituents is 1. The van der Waals surface area contributed by atoms with E-state index in [9.17, 15) is 35.3 Å². The van der Waals surface area contributed by atoms with Gasteiger partial charge in [0.25, 0.3) is 5.69 Å². The van der Waals surface area contributed by atoms with Crippen LogP contribution >= 0.6 is 0 Å². The van der Waals surface area contributed by atoms with Crippen molar-refractivity contribution in [3.8, 4) is 17.2 Å². The molecule has 1 aliphatic heterocycles. The molecule has 0 saturated heterocycles. The highest BCUT2D eigenvalue weighted by Gasteiger charge is 2.65. The van der Waals surface area contributed by atoms with Crippen LogP contribution in [0.3, 0.4) is 0 Å². The number of nitrogens with zero attached hydrogens (tertiary/aromatic N) is 3. The summed E-state index contributed by atoms with van der Waals surface area (Å²) in [4.78, 5) is 33.1. The number of phenolic OH excluding ortho intramolecular Hbond substituents is 1. The van der Waals surface area contributed by atoms with Crippen molar-refractivity contribution in [1.29, 1.82) is 0 Å². The van der Waals surface area contributed by atoms with Gasteiger partial charge in [0, 0.05) is 49.8 Å². The van der Waals surface area contributed by atoms with Crippen molar-refractivity contribution >= 4 is 17.5 Å². The lowest BCUT2D eigenvalue weighted by Crippen LogP contribution is -2.70. The number of ether oxygens (including phenoxy) is 4. The number of benzene rings is 3. The van der Waals surface area contributed by atoms with Gasteiger partial charge < -0.3 is 44.2 Å². The predicted molar refractivity (Wildman–Crippen MR) is 222 cm³/mol. The van der Waals surface area contributed by atoms with Crippen molar-refractivity contribution in [2.75, 3.05) is 46.2 Å². The van der Waals surface area contributed by atoms with Crippen LogP contribution in [0.4, 0.5) is 10.5 Å². The number of fused-ring (bicyclic) bond motifs is 2. The fourth-order valence-electron chi connectivity index (χ4n) is 8.92. The Balaban J connectivity index is 1.55. The monoisotopic (exact) mass is 829 g/mol. The molecule has 322 valence electrons. The molecule has 0 spiro atoms. The van der Waals surface area contributed by atoms with Crippen LogP contribution in [0.25, 0.3) is 0 Å². The molecule has 3 aromatic carbocycles. The molecule has 0 radical (unpaired) electrons. The summed E-state index contributed by atoms with van der Waals surface area (Å²) in [6.07, 6.45) is 7.25. The maximum atomic E-state index is 14.6. The quantitative estimate of drug-likeness (QED) is 0.0364. The van der Waals surface area contributed by atoms with E-state index in [0.29, 0.717) is 30.7 Å². The molecule has 6 atom stereocenters. The first-order valence-corrected chi connectivity index (χ1v) is 20.6. The SMILES string of the molecule is C=CCO[C@@]12Oc3ccc(O)cc3[C@H]3[C@H](CCCCO)[C@@H](CCCCO)C=C(C(=NOCc4ccccc4)C[C@@H]1N(CCOCCO)C(=O)Oc1ccc([N+](=O)[O-])cc1)[C@H]32. The third-order valence-corrected chi connectivity index (χ3v) is 11.5. The molecule has 1 heterocycles. The minimum atomic E-state index is -1.61. The number of amides is 1. The first kappa shape index (κ1) is 44.2. The van der Waals surface area contributed by atoms with Crippen LogP contribution in [0.2, 0.25) is 0 Å². The number of hydrogen-bond donors (Lipinski definition) is 4. The van der Waals surface area contributed by atoms with Gasteiger partial charge in [-0.3, -0.25) is 15.0 Å². The van der Waals surface area contributed by atoms with E-state index in [1.165, 1.54) is 29.2 Å². The number of nitro groups is 1. The summed E-state index contributed by atoms with van der Waals surface area (Å²) in [5.41, 5.74) is 2.87. The molecule has 1 saturated carbocycles. The summed E-state index contributed by atoms with van der Waals surface area (Å²) in [5.74, 6) is -2.08. The van der Waals surface area contributed by atoms with Crippen molar-refractivity contribution < 1.29 is 53.9 Å². The number of hydrogen-bond acceptors (Lipinski definition) is 13. The Morgan fingerprint density at radius 3 is 2.43 bits per heavy atom. The van der Waals surface area contributed by atoms with E-state index in [1.807, 2.05) is 30.3 Å². The Kier molecular flexibility index (Phi) is 15.7. The second kappa shape index (κ2) is 21.3. The van der Waals surface area contributed by atoms with Crippen LogP contribution in [0, 0.1) is 27.9 Å². The fourth-order valence-corrected chi connectivity index (χ4v) is 8.92. The van der Waals surface area contributed by atoms with Crippen LogP contribution in [-0.2, 0) is 20.9 Å². The van der Waals surface area contributed by atoms with Crippen molar-refractivity contribution in [3.05, 3.63) is 118 Å². The minimum Gasteiger partial charge on any atom is -0.508 e. The highest BCUT2D eigenvalue weighted by Crippen LogP contribution is 2.62. The average Bonchev–Trinajstić information content (AvgIpc) is 3.25. The molecule has 15 heteroatoms. The smallest absolute Gasteiger partial charge is 0.415 e. The first-order valence-electron chi connectivity index (χ1n) is 20.6. The summed E-state index contributed by atoms with van der Waals surface area (Å²) in [6, 6.07) is 18.8. The number of allylic oxidation sites excluding steroid dienone is 1. The van der Waals surface area contributed by atoms with E-state index < -0.39 is 28.8 Å². The molecule has 3 aliphatic rings. The lowest BCUT2D eigenvalue weighted by molar-refractivity contribution is -0.384. The zero-order chi connectivity index (χ0) is 42.5. The zero-order valence-electron chi connectivity index (χ0n) is 33.7. The number of non-ortho nitro benzene ring substituents is 1. The normalized spacial score (nSPS) is 23.4. The van der Waals surface area contributed by atoms with Crippen LogP contribution in [0.5, 0.6) is 17.2 Å². The standard InChI is InChI=1S/C45H55N3O12/c1-2-24-57-45-41(47(20-25-56-26-23-51)44(53)59-35-17-14-33(15-18-35)48(54)55)29-39(46-58-30-31-10-4-3-5-11-31)37-27-32(12-6-8-21-49)36(13-7-9-22-50)42(43(37)45)38-28-34(52)16-19-40(38)60-45/h2-5,10-11,14-19,27-28,32,36,41-43,49-52H,1,6-9,12-13,20-26,29-30H2/t32-,36+,41-,42+,43+,45+/m0/s1. The van der Waals surface area contributed by atoms with Gasteiger partial charge in [-0.15, -0.1) is 6.58 Å². The molecule has 0 bridgehead atoms. The zero-order valence-corrected chi connectivity index (χ0v) is 33.7. The first-order chi connectivity index (χ1) is 29.2. The van der Waals surface area contributed by atoms with Crippen molar-refractivity contribution in [3.63, 3.8) is 0 Å². The van der Waals surface area contributed by atoms with Crippen molar-refractivity contribution in [2.24, 2.45) is 22.9 Å². The molecule has 6 rings (SSSR count). The number of aliphatic hydroxyl groups excluding tert-OH is 3. The van der Waals surface area contributed by atoms with Gasteiger partial charge in [-0.2, -0.15) is 0 Å². The topological polar surface area (TPSA) is 203 Å². The molecular formula is C45H55N3O12. The highest BCUT2D eigenvalue weighted by atomic mass is 16.7. The number of phenols is 1. The van der Waals surface area contributed by atoms with Gasteiger partial charge in [0.15, 0.2) is 0 Å². The summed E-state index contributed by atoms with van der Waals surface area (Å²) >= 11 is 0. The predicted octanol–water partition coefficient (Wildman–Crippen LogP) is 6.64. The molecule has 15 nitrogen and oxygen atoms in total. The number of carbonyl (C=O) groups excluding carboxylic acids is 1. The van der Waals surface area contributed by atoms with Crippen LogP contribution in [0.1, 0.15) is 62.0 Å². The summed E-state index contributed by atoms with van der Waals surface area (Å²) < 4.78 is 25.7. The average molecular weight is 830 g/mol. The van der Waals surface area contributed by atoms with Crippen LogP contribution in [0.15, 0.2) is 102 Å². The van der Waals surface area contributed by atoms with Gasteiger partial charge in [-0.05, 0) is 79.0 Å². The van der Waals surface area contributed by atoms with Crippen molar-refractivity contribution in [2.45, 2.75) is 69.3 Å².